The van der Waals surface area contributed by atoms with Gasteiger partial charge in [0.25, 0.3) is 0 Å². The molecule has 0 amide bonds. The van der Waals surface area contributed by atoms with Crippen molar-refractivity contribution in [3.63, 3.8) is 0 Å². The maximum Gasteiger partial charge on any atom is 0.138 e. The molecular weight excluding hydrogens is 128 g/mol. The quantitative estimate of drug-likeness (QED) is 0.595. The SMILES string of the molecule is COCC1(C(C)=O)CCC1. The molecule has 0 aromatic heterocycles. The second-order valence-corrected chi connectivity index (χ2v) is 3.12. The zero-order valence-electron chi connectivity index (χ0n) is 6.64. The standard InChI is InChI=1S/C8H14O2/c1-7(9)8(6-10-2)4-3-5-8/h3-6H2,1-2H3. The molecular formula is C8H14O2. The highest BCUT2D eigenvalue weighted by Gasteiger charge is 2.41. The molecule has 0 saturated heterocycles. The van der Waals surface area contributed by atoms with E-state index < -0.39 is 0 Å². The molecule has 10 heavy (non-hydrogen) atoms. The molecule has 0 bridgehead atoms. The van der Waals surface area contributed by atoms with E-state index in [4.69, 9.17) is 4.74 Å². The molecule has 0 aromatic carbocycles. The highest BCUT2D eigenvalue weighted by molar-refractivity contribution is 5.83. The third kappa shape index (κ3) is 1.08. The zero-order valence-corrected chi connectivity index (χ0v) is 6.64. The monoisotopic (exact) mass is 142 g/mol. The minimum atomic E-state index is -0.0885. The van der Waals surface area contributed by atoms with Crippen LogP contribution in [0.15, 0.2) is 0 Å². The van der Waals surface area contributed by atoms with E-state index in [0.717, 1.165) is 12.8 Å². The molecule has 2 heteroatoms. The van der Waals surface area contributed by atoms with Crippen molar-refractivity contribution in [3.05, 3.63) is 0 Å². The van der Waals surface area contributed by atoms with E-state index in [-0.39, 0.29) is 5.41 Å². The first-order chi connectivity index (χ1) is 4.71. The van der Waals surface area contributed by atoms with E-state index in [0.29, 0.717) is 12.4 Å². The summed E-state index contributed by atoms with van der Waals surface area (Å²) in [6.45, 7) is 2.28. The first-order valence-corrected chi connectivity index (χ1v) is 3.71. The van der Waals surface area contributed by atoms with Gasteiger partial charge in [-0.25, -0.2) is 0 Å². The summed E-state index contributed by atoms with van der Waals surface area (Å²) in [7, 11) is 1.66. The fraction of sp³-hybridized carbons (Fsp3) is 0.875. The van der Waals surface area contributed by atoms with Gasteiger partial charge in [0.2, 0.25) is 0 Å². The minimum absolute atomic E-state index is 0.0885. The molecule has 1 saturated carbocycles. The summed E-state index contributed by atoms with van der Waals surface area (Å²) in [5, 5.41) is 0. The zero-order chi connectivity index (χ0) is 7.61. The number of hydrogen-bond acceptors (Lipinski definition) is 2. The van der Waals surface area contributed by atoms with Gasteiger partial charge in [-0.05, 0) is 19.8 Å². The molecule has 0 atom stereocenters. The first-order valence-electron chi connectivity index (χ1n) is 3.71. The molecule has 0 N–H and O–H groups in total. The summed E-state index contributed by atoms with van der Waals surface area (Å²) in [5.41, 5.74) is -0.0885. The fourth-order valence-corrected chi connectivity index (χ4v) is 1.48. The molecule has 1 fully saturated rings. The van der Waals surface area contributed by atoms with E-state index in [1.54, 1.807) is 14.0 Å². The summed E-state index contributed by atoms with van der Waals surface area (Å²) in [6.07, 6.45) is 3.23. The third-order valence-corrected chi connectivity index (χ3v) is 2.48. The van der Waals surface area contributed by atoms with Gasteiger partial charge in [0.05, 0.1) is 12.0 Å². The third-order valence-electron chi connectivity index (χ3n) is 2.48. The Morgan fingerprint density at radius 1 is 1.60 bits per heavy atom. The predicted octanol–water partition coefficient (Wildman–Crippen LogP) is 1.39. The van der Waals surface area contributed by atoms with Crippen LogP contribution in [0.5, 0.6) is 0 Å². The first kappa shape index (κ1) is 7.73. The maximum atomic E-state index is 11.1. The van der Waals surface area contributed by atoms with Crippen LogP contribution < -0.4 is 0 Å². The highest BCUT2D eigenvalue weighted by Crippen LogP contribution is 2.41. The smallest absolute Gasteiger partial charge is 0.138 e. The van der Waals surface area contributed by atoms with Crippen molar-refractivity contribution in [1.29, 1.82) is 0 Å². The Balaban J connectivity index is 2.50. The summed E-state index contributed by atoms with van der Waals surface area (Å²) in [4.78, 5) is 11.1. The number of rotatable bonds is 3. The van der Waals surface area contributed by atoms with Crippen molar-refractivity contribution in [2.75, 3.05) is 13.7 Å². The second-order valence-electron chi connectivity index (χ2n) is 3.12. The number of carbonyl (C=O) groups is 1. The van der Waals surface area contributed by atoms with Crippen molar-refractivity contribution >= 4 is 5.78 Å². The molecule has 0 aliphatic heterocycles. The molecule has 0 aromatic rings. The van der Waals surface area contributed by atoms with Gasteiger partial charge in [0.15, 0.2) is 0 Å². The van der Waals surface area contributed by atoms with Crippen molar-refractivity contribution < 1.29 is 9.53 Å². The Morgan fingerprint density at radius 2 is 2.20 bits per heavy atom. The second kappa shape index (κ2) is 2.70. The Hall–Kier alpha value is -0.370. The Morgan fingerprint density at radius 3 is 2.30 bits per heavy atom. The van der Waals surface area contributed by atoms with Crippen molar-refractivity contribution in [3.8, 4) is 0 Å². The Labute approximate surface area is 61.6 Å². The normalized spacial score (nSPS) is 21.8. The van der Waals surface area contributed by atoms with Gasteiger partial charge in [-0.15, -0.1) is 0 Å². The number of methoxy groups -OCH3 is 1. The molecule has 2 nitrogen and oxygen atoms in total. The van der Waals surface area contributed by atoms with E-state index in [9.17, 15) is 4.79 Å². The van der Waals surface area contributed by atoms with Crippen molar-refractivity contribution in [1.82, 2.24) is 0 Å². The van der Waals surface area contributed by atoms with Crippen molar-refractivity contribution in [2.24, 2.45) is 5.41 Å². The van der Waals surface area contributed by atoms with Crippen LogP contribution in [-0.4, -0.2) is 19.5 Å². The van der Waals surface area contributed by atoms with Gasteiger partial charge in [0.1, 0.15) is 5.78 Å². The lowest BCUT2D eigenvalue weighted by molar-refractivity contribution is -0.135. The van der Waals surface area contributed by atoms with E-state index >= 15 is 0 Å². The molecule has 0 heterocycles. The molecule has 1 rings (SSSR count). The molecule has 0 radical (unpaired) electrons. The van der Waals surface area contributed by atoms with Crippen LogP contribution in [0.3, 0.4) is 0 Å². The summed E-state index contributed by atoms with van der Waals surface area (Å²) < 4.78 is 4.99. The number of Topliss-reactive ketones (excluding diaryl/α,β-unsaturated/α-hetero) is 1. The molecule has 0 spiro atoms. The fourth-order valence-electron chi connectivity index (χ4n) is 1.48. The Kier molecular flexibility index (Phi) is 2.09. The van der Waals surface area contributed by atoms with Gasteiger partial charge in [-0.1, -0.05) is 6.42 Å². The summed E-state index contributed by atoms with van der Waals surface area (Å²) in [6, 6.07) is 0. The number of hydrogen-bond donors (Lipinski definition) is 0. The van der Waals surface area contributed by atoms with Crippen LogP contribution in [0.1, 0.15) is 26.2 Å². The Bertz CT molecular complexity index is 136. The number of ether oxygens (including phenoxy) is 1. The predicted molar refractivity (Wildman–Crippen MR) is 38.8 cm³/mol. The lowest BCUT2D eigenvalue weighted by atomic mass is 9.67. The van der Waals surface area contributed by atoms with E-state index in [1.165, 1.54) is 6.42 Å². The molecule has 58 valence electrons. The molecule has 0 unspecified atom stereocenters. The highest BCUT2D eigenvalue weighted by atomic mass is 16.5. The lowest BCUT2D eigenvalue weighted by Gasteiger charge is -2.38. The van der Waals surface area contributed by atoms with E-state index in [1.807, 2.05) is 0 Å². The largest absolute Gasteiger partial charge is 0.384 e. The number of carbonyl (C=O) groups excluding carboxylic acids is 1. The molecule has 1 aliphatic carbocycles. The van der Waals surface area contributed by atoms with Crippen LogP contribution >= 0.6 is 0 Å². The van der Waals surface area contributed by atoms with Gasteiger partial charge in [-0.3, -0.25) is 4.79 Å². The van der Waals surface area contributed by atoms with Gasteiger partial charge < -0.3 is 4.74 Å². The van der Waals surface area contributed by atoms with Crippen LogP contribution in [0.25, 0.3) is 0 Å². The summed E-state index contributed by atoms with van der Waals surface area (Å²) in [5.74, 6) is 0.292. The maximum absolute atomic E-state index is 11.1. The van der Waals surface area contributed by atoms with Gasteiger partial charge in [-0.2, -0.15) is 0 Å². The summed E-state index contributed by atoms with van der Waals surface area (Å²) >= 11 is 0. The average molecular weight is 142 g/mol. The van der Waals surface area contributed by atoms with Crippen LogP contribution in [-0.2, 0) is 9.53 Å². The topological polar surface area (TPSA) is 26.3 Å². The lowest BCUT2D eigenvalue weighted by Crippen LogP contribution is -2.40. The van der Waals surface area contributed by atoms with Gasteiger partial charge in [0, 0.05) is 7.11 Å². The molecule has 1 aliphatic rings. The van der Waals surface area contributed by atoms with Gasteiger partial charge >= 0.3 is 0 Å². The average Bonchev–Trinajstić information content (AvgIpc) is 1.77. The number of ketones is 1. The minimum Gasteiger partial charge on any atom is -0.384 e. The van der Waals surface area contributed by atoms with Crippen LogP contribution in [0, 0.1) is 5.41 Å². The van der Waals surface area contributed by atoms with E-state index in [2.05, 4.69) is 0 Å². The van der Waals surface area contributed by atoms with Crippen LogP contribution in [0.4, 0.5) is 0 Å². The van der Waals surface area contributed by atoms with Crippen LogP contribution in [0.2, 0.25) is 0 Å². The van der Waals surface area contributed by atoms with Crippen molar-refractivity contribution in [2.45, 2.75) is 26.2 Å².